The number of unbranched alkanes of at least 4 members (excludes halogenated alkanes) is 1. The van der Waals surface area contributed by atoms with Gasteiger partial charge >= 0.3 is 19.4 Å². The maximum Gasteiger partial charge on any atom is 0.459 e. The third-order valence-corrected chi connectivity index (χ3v) is 7.90. The average Bonchev–Trinajstić information content (AvgIpc) is 3.14. The molecule has 2 heterocycles. The number of aliphatic hydroxyl groups excluding tert-OH is 1. The molecular formula is C27H38FN4O9P. The second kappa shape index (κ2) is 14.3. The number of halogens is 1. The second-order valence-electron chi connectivity index (χ2n) is 10.3. The van der Waals surface area contributed by atoms with Gasteiger partial charge in [-0.3, -0.25) is 18.7 Å². The van der Waals surface area contributed by atoms with Crippen molar-refractivity contribution in [1.29, 1.82) is 0 Å². The monoisotopic (exact) mass is 612 g/mol. The minimum Gasteiger partial charge on any atom is -0.462 e. The molecule has 1 aromatic heterocycles. The van der Waals surface area contributed by atoms with E-state index in [1.165, 1.54) is 31.3 Å². The Hall–Kier alpha value is -3.16. The van der Waals surface area contributed by atoms with E-state index in [9.17, 15) is 24.1 Å². The van der Waals surface area contributed by atoms with Crippen LogP contribution >= 0.6 is 7.75 Å². The molecule has 6 atom stereocenters. The first-order chi connectivity index (χ1) is 19.8. The van der Waals surface area contributed by atoms with Crippen molar-refractivity contribution in [2.75, 3.05) is 11.9 Å². The van der Waals surface area contributed by atoms with Crippen LogP contribution in [0.4, 0.5) is 10.2 Å². The molecule has 0 bridgehead atoms. The lowest BCUT2D eigenvalue weighted by Crippen LogP contribution is -2.43. The summed E-state index contributed by atoms with van der Waals surface area (Å²) in [5.41, 5.74) is -3.43. The van der Waals surface area contributed by atoms with Crippen molar-refractivity contribution >= 4 is 25.4 Å². The average molecular weight is 613 g/mol. The first-order valence-corrected chi connectivity index (χ1v) is 15.2. The Morgan fingerprint density at radius 3 is 2.55 bits per heavy atom. The van der Waals surface area contributed by atoms with E-state index in [4.69, 9.17) is 18.5 Å². The molecular weight excluding hydrogens is 574 g/mol. The quantitative estimate of drug-likeness (QED) is 0.211. The lowest BCUT2D eigenvalue weighted by Gasteiger charge is -2.25. The fourth-order valence-corrected chi connectivity index (χ4v) is 5.56. The number of nitrogens with zero attached hydrogens (tertiary/aromatic N) is 2. The lowest BCUT2D eigenvalue weighted by molar-refractivity contribution is -0.149. The van der Waals surface area contributed by atoms with Gasteiger partial charge in [0.25, 0.3) is 0 Å². The van der Waals surface area contributed by atoms with Crippen LogP contribution in [0.5, 0.6) is 5.75 Å². The van der Waals surface area contributed by atoms with Crippen LogP contribution in [0.1, 0.15) is 60.1 Å². The molecule has 0 radical (unpaired) electrons. The van der Waals surface area contributed by atoms with Gasteiger partial charge in [-0.1, -0.05) is 31.5 Å². The number of hydrogen-bond donors (Lipinski definition) is 3. The summed E-state index contributed by atoms with van der Waals surface area (Å²) in [7, 11) is -4.33. The molecule has 1 saturated heterocycles. The Morgan fingerprint density at radius 2 is 1.93 bits per heavy atom. The smallest absolute Gasteiger partial charge is 0.459 e. The van der Waals surface area contributed by atoms with Crippen molar-refractivity contribution in [3.8, 4) is 5.75 Å². The van der Waals surface area contributed by atoms with Crippen LogP contribution in [0.2, 0.25) is 0 Å². The minimum absolute atomic E-state index is 0.00784. The Bertz CT molecular complexity index is 1320. The van der Waals surface area contributed by atoms with E-state index >= 15 is 4.39 Å². The van der Waals surface area contributed by atoms with Crippen molar-refractivity contribution in [2.24, 2.45) is 0 Å². The Labute approximate surface area is 243 Å². The number of para-hydroxylation sites is 1. The fourth-order valence-electron chi connectivity index (χ4n) is 4.06. The maximum absolute atomic E-state index is 15.8. The largest absolute Gasteiger partial charge is 0.462 e. The van der Waals surface area contributed by atoms with Gasteiger partial charge < -0.3 is 24.4 Å². The van der Waals surface area contributed by atoms with Crippen LogP contribution in [-0.4, -0.2) is 63.2 Å². The summed E-state index contributed by atoms with van der Waals surface area (Å²) in [5, 5.41) is 15.8. The molecule has 3 rings (SSSR count). The second-order valence-corrected chi connectivity index (χ2v) is 12.0. The van der Waals surface area contributed by atoms with Gasteiger partial charge in [0.1, 0.15) is 29.8 Å². The number of amides is 1. The van der Waals surface area contributed by atoms with Gasteiger partial charge in [0.15, 0.2) is 11.9 Å². The number of esters is 1. The molecule has 15 heteroatoms. The third kappa shape index (κ3) is 8.68. The van der Waals surface area contributed by atoms with Crippen molar-refractivity contribution in [3.05, 3.63) is 53.1 Å². The van der Waals surface area contributed by atoms with Gasteiger partial charge in [-0.2, -0.15) is 10.1 Å². The van der Waals surface area contributed by atoms with Crippen molar-refractivity contribution in [3.63, 3.8) is 0 Å². The summed E-state index contributed by atoms with van der Waals surface area (Å²) in [6, 6.07) is 8.19. The molecule has 1 fully saturated rings. The molecule has 1 aromatic carbocycles. The van der Waals surface area contributed by atoms with E-state index < -0.39 is 62.3 Å². The molecule has 1 amide bonds. The summed E-state index contributed by atoms with van der Waals surface area (Å²) in [5.74, 6) is -0.884. The molecule has 0 aliphatic carbocycles. The number of ether oxygens (including phenoxy) is 2. The van der Waals surface area contributed by atoms with Crippen LogP contribution in [0.3, 0.4) is 0 Å². The van der Waals surface area contributed by atoms with Crippen molar-refractivity contribution in [1.82, 2.24) is 14.6 Å². The van der Waals surface area contributed by atoms with Crippen LogP contribution in [0.15, 0.2) is 47.4 Å². The zero-order valence-electron chi connectivity index (χ0n) is 24.2. The number of rotatable bonds is 14. The highest BCUT2D eigenvalue weighted by atomic mass is 31.2. The third-order valence-electron chi connectivity index (χ3n) is 6.26. The Morgan fingerprint density at radius 1 is 1.24 bits per heavy atom. The predicted molar refractivity (Wildman–Crippen MR) is 151 cm³/mol. The number of hydrogen-bond acceptors (Lipinski definition) is 10. The van der Waals surface area contributed by atoms with Crippen LogP contribution in [-0.2, 0) is 28.2 Å². The summed E-state index contributed by atoms with van der Waals surface area (Å²) in [6.45, 7) is 7.04. The van der Waals surface area contributed by atoms with Crippen LogP contribution in [0, 0.1) is 0 Å². The number of aromatic nitrogens is 2. The number of carbonyl (C=O) groups excluding carboxylic acids is 2. The maximum atomic E-state index is 15.8. The first kappa shape index (κ1) is 33.3. The van der Waals surface area contributed by atoms with Crippen molar-refractivity contribution in [2.45, 2.75) is 90.1 Å². The minimum atomic E-state index is -4.33. The molecule has 0 spiro atoms. The molecule has 0 saturated carbocycles. The number of aliphatic hydroxyl groups is 1. The van der Waals surface area contributed by atoms with Gasteiger partial charge in [0.05, 0.1) is 12.7 Å². The summed E-state index contributed by atoms with van der Waals surface area (Å²) >= 11 is 0. The highest BCUT2D eigenvalue weighted by Crippen LogP contribution is 2.47. The summed E-state index contributed by atoms with van der Waals surface area (Å²) in [6.07, 6.45) is -2.36. The molecule has 42 heavy (non-hydrogen) atoms. The van der Waals surface area contributed by atoms with E-state index in [0.717, 1.165) is 17.9 Å². The highest BCUT2D eigenvalue weighted by Gasteiger charge is 2.56. The topological polar surface area (TPSA) is 167 Å². The van der Waals surface area contributed by atoms with Gasteiger partial charge in [-0.05, 0) is 52.3 Å². The van der Waals surface area contributed by atoms with Crippen LogP contribution in [0.25, 0.3) is 0 Å². The number of benzene rings is 1. The van der Waals surface area contributed by atoms with Gasteiger partial charge in [0, 0.05) is 12.6 Å². The summed E-state index contributed by atoms with van der Waals surface area (Å²) in [4.78, 5) is 40.8. The van der Waals surface area contributed by atoms with Gasteiger partial charge in [0.2, 0.25) is 5.91 Å². The molecule has 232 valence electrons. The number of nitrogens with one attached hydrogen (secondary N) is 2. The van der Waals surface area contributed by atoms with Gasteiger partial charge in [-0.15, -0.1) is 0 Å². The number of carbonyl (C=O) groups is 2. The molecule has 1 aliphatic rings. The molecule has 1 aliphatic heterocycles. The Kier molecular flexibility index (Phi) is 11.4. The normalized spacial score (nSPS) is 24.1. The SMILES string of the molecule is CCCCC(=O)Nc1ccn([C@@H]2O[C@H](CO[P@@](=O)(N[C@@H](C)C(=O)OC(C)C)Oc3ccccc3)[C@@H](O)[C@@]2(C)F)c(=O)n1. The molecule has 13 nitrogen and oxygen atoms in total. The van der Waals surface area contributed by atoms with E-state index in [1.54, 1.807) is 32.0 Å². The summed E-state index contributed by atoms with van der Waals surface area (Å²) < 4.78 is 52.2. The molecule has 0 unspecified atom stereocenters. The molecule has 2 aromatic rings. The number of anilines is 1. The van der Waals surface area contributed by atoms with E-state index in [2.05, 4.69) is 15.4 Å². The molecule has 3 N–H and O–H groups in total. The lowest BCUT2D eigenvalue weighted by atomic mass is 9.98. The van der Waals surface area contributed by atoms with E-state index in [-0.39, 0.29) is 23.9 Å². The van der Waals surface area contributed by atoms with Gasteiger partial charge in [-0.25, -0.2) is 13.8 Å². The first-order valence-electron chi connectivity index (χ1n) is 13.6. The zero-order valence-corrected chi connectivity index (χ0v) is 25.1. The number of alkyl halides is 1. The van der Waals surface area contributed by atoms with Crippen LogP contribution < -0.4 is 20.6 Å². The standard InChI is InChI=1S/C27H38FN4O9P/c1-6-7-13-22(33)29-21-14-15-32(26(36)30-21)25-27(5,28)23(34)20(40-25)16-38-42(37,41-19-11-9-8-10-12-19)31-18(4)24(35)39-17(2)3/h8-12,14-15,17-18,20,23,25,34H,6-7,13,16H2,1-5H3,(H,31,37)(H,29,30,33,36)/t18-,20+,23+,25+,27+,42-/m0/s1. The van der Waals surface area contributed by atoms with E-state index in [0.29, 0.717) is 6.42 Å². The van der Waals surface area contributed by atoms with Crippen molar-refractivity contribution < 1.29 is 42.2 Å². The predicted octanol–water partition coefficient (Wildman–Crippen LogP) is 3.49. The fraction of sp³-hybridized carbons (Fsp3) is 0.556. The van der Waals surface area contributed by atoms with E-state index in [1.807, 2.05) is 6.92 Å². The highest BCUT2D eigenvalue weighted by molar-refractivity contribution is 7.52. The Balaban J connectivity index is 1.76. The zero-order chi connectivity index (χ0) is 31.1.